The fourth-order valence-electron chi connectivity index (χ4n) is 1.40. The smallest absolute Gasteiger partial charge is 0.159 e. The summed E-state index contributed by atoms with van der Waals surface area (Å²) in [5.41, 5.74) is 0.740. The molecule has 3 N–H and O–H groups in total. The van der Waals surface area contributed by atoms with E-state index in [0.29, 0.717) is 12.4 Å². The predicted molar refractivity (Wildman–Crippen MR) is 52.8 cm³/mol. The van der Waals surface area contributed by atoms with E-state index in [1.807, 2.05) is 6.92 Å². The Morgan fingerprint density at radius 1 is 1.29 bits per heavy atom. The third kappa shape index (κ3) is 1.25. The molecule has 2 aromatic rings. The molecule has 14 heavy (non-hydrogen) atoms. The lowest BCUT2D eigenvalue weighted by Crippen LogP contribution is -1.89. The minimum Gasteiger partial charge on any atom is -0.504 e. The maximum Gasteiger partial charge on any atom is 0.159 e. The Morgan fingerprint density at radius 3 is 2.71 bits per heavy atom. The first-order valence-corrected chi connectivity index (χ1v) is 4.38. The van der Waals surface area contributed by atoms with Crippen LogP contribution in [-0.2, 0) is 0 Å². The molecule has 0 amide bonds. The number of phenolic OH excluding ortho intramolecular Hbond substituents is 2. The number of aromatic amines is 1. The van der Waals surface area contributed by atoms with Crippen LogP contribution in [0.4, 0.5) is 0 Å². The van der Waals surface area contributed by atoms with Gasteiger partial charge in [0.2, 0.25) is 0 Å². The van der Waals surface area contributed by atoms with Gasteiger partial charge >= 0.3 is 0 Å². The molecule has 0 radical (unpaired) electrons. The molecule has 0 saturated heterocycles. The van der Waals surface area contributed by atoms with Crippen LogP contribution in [0.25, 0.3) is 10.9 Å². The zero-order valence-corrected chi connectivity index (χ0v) is 7.74. The minimum absolute atomic E-state index is 0.137. The second-order valence-electron chi connectivity index (χ2n) is 2.97. The van der Waals surface area contributed by atoms with E-state index in [0.717, 1.165) is 10.9 Å². The highest BCUT2D eigenvalue weighted by atomic mass is 16.5. The number of H-pyrrole nitrogens is 1. The molecular weight excluding hydrogens is 182 g/mol. The Balaban J connectivity index is 2.61. The molecule has 4 nitrogen and oxygen atoms in total. The highest BCUT2D eigenvalue weighted by molar-refractivity contribution is 5.89. The monoisotopic (exact) mass is 193 g/mol. The van der Waals surface area contributed by atoms with E-state index in [4.69, 9.17) is 4.74 Å². The number of fused-ring (bicyclic) bond motifs is 1. The standard InChI is InChI=1S/C10H11NO3/c1-2-14-10-5-11-7-4-9(13)8(12)3-6(7)10/h3-5,11-13H,2H2,1H3. The molecule has 1 aromatic carbocycles. The van der Waals surface area contributed by atoms with Gasteiger partial charge in [-0.15, -0.1) is 0 Å². The van der Waals surface area contributed by atoms with E-state index in [1.54, 1.807) is 6.20 Å². The zero-order valence-electron chi connectivity index (χ0n) is 7.74. The molecule has 74 valence electrons. The third-order valence-electron chi connectivity index (χ3n) is 2.04. The SMILES string of the molecule is CCOc1c[nH]c2cc(O)c(O)cc12. The lowest BCUT2D eigenvalue weighted by molar-refractivity contribution is 0.344. The average molecular weight is 193 g/mol. The van der Waals surface area contributed by atoms with Gasteiger partial charge in [-0.05, 0) is 13.0 Å². The molecule has 0 unspecified atom stereocenters. The van der Waals surface area contributed by atoms with Gasteiger partial charge in [0.25, 0.3) is 0 Å². The van der Waals surface area contributed by atoms with Gasteiger partial charge in [-0.3, -0.25) is 0 Å². The van der Waals surface area contributed by atoms with Crippen molar-refractivity contribution in [1.29, 1.82) is 0 Å². The van der Waals surface area contributed by atoms with Crippen molar-refractivity contribution in [2.45, 2.75) is 6.92 Å². The van der Waals surface area contributed by atoms with E-state index in [1.165, 1.54) is 12.1 Å². The van der Waals surface area contributed by atoms with Crippen molar-refractivity contribution < 1.29 is 14.9 Å². The Hall–Kier alpha value is -1.84. The van der Waals surface area contributed by atoms with Gasteiger partial charge in [0, 0.05) is 17.6 Å². The van der Waals surface area contributed by atoms with E-state index >= 15 is 0 Å². The number of ether oxygens (including phenoxy) is 1. The fraction of sp³-hybridized carbons (Fsp3) is 0.200. The second-order valence-corrected chi connectivity index (χ2v) is 2.97. The molecule has 0 saturated carbocycles. The molecule has 0 aliphatic carbocycles. The third-order valence-corrected chi connectivity index (χ3v) is 2.04. The Bertz CT molecular complexity index is 462. The number of nitrogens with one attached hydrogen (secondary N) is 1. The van der Waals surface area contributed by atoms with Gasteiger partial charge in [0.05, 0.1) is 12.1 Å². The number of hydrogen-bond donors (Lipinski definition) is 3. The topological polar surface area (TPSA) is 65.5 Å². The van der Waals surface area contributed by atoms with Gasteiger partial charge < -0.3 is 19.9 Å². The molecule has 0 spiro atoms. The van der Waals surface area contributed by atoms with E-state index in [2.05, 4.69) is 4.98 Å². The number of aromatic nitrogens is 1. The van der Waals surface area contributed by atoms with Crippen LogP contribution < -0.4 is 4.74 Å². The normalized spacial score (nSPS) is 10.6. The van der Waals surface area contributed by atoms with Crippen molar-refractivity contribution in [3.8, 4) is 17.2 Å². The van der Waals surface area contributed by atoms with Crippen LogP contribution in [0.3, 0.4) is 0 Å². The van der Waals surface area contributed by atoms with Crippen LogP contribution in [-0.4, -0.2) is 21.8 Å². The maximum absolute atomic E-state index is 9.31. The van der Waals surface area contributed by atoms with E-state index < -0.39 is 0 Å². The summed E-state index contributed by atoms with van der Waals surface area (Å²) in [5.74, 6) is 0.401. The zero-order chi connectivity index (χ0) is 10.1. The molecule has 4 heteroatoms. The summed E-state index contributed by atoms with van der Waals surface area (Å²) >= 11 is 0. The summed E-state index contributed by atoms with van der Waals surface area (Å²) in [6.07, 6.45) is 1.70. The van der Waals surface area contributed by atoms with Crippen LogP contribution in [0.15, 0.2) is 18.3 Å². The van der Waals surface area contributed by atoms with Gasteiger partial charge in [-0.25, -0.2) is 0 Å². The average Bonchev–Trinajstić information content (AvgIpc) is 2.51. The van der Waals surface area contributed by atoms with E-state index in [-0.39, 0.29) is 11.5 Å². The van der Waals surface area contributed by atoms with Gasteiger partial charge in [-0.1, -0.05) is 0 Å². The maximum atomic E-state index is 9.31. The molecule has 1 heterocycles. The minimum atomic E-state index is -0.141. The Morgan fingerprint density at radius 2 is 2.00 bits per heavy atom. The largest absolute Gasteiger partial charge is 0.504 e. The number of hydrogen-bond acceptors (Lipinski definition) is 3. The summed E-state index contributed by atoms with van der Waals surface area (Å²) in [6, 6.07) is 2.94. The lowest BCUT2D eigenvalue weighted by Gasteiger charge is -2.01. The van der Waals surface area contributed by atoms with Crippen LogP contribution in [0, 0.1) is 0 Å². The number of rotatable bonds is 2. The highest BCUT2D eigenvalue weighted by Crippen LogP contribution is 2.34. The molecule has 1 aromatic heterocycles. The summed E-state index contributed by atoms with van der Waals surface area (Å²) in [7, 11) is 0. The van der Waals surface area contributed by atoms with Crippen LogP contribution >= 0.6 is 0 Å². The van der Waals surface area contributed by atoms with Gasteiger partial charge in [0.1, 0.15) is 5.75 Å². The first-order chi connectivity index (χ1) is 6.72. The highest BCUT2D eigenvalue weighted by Gasteiger charge is 2.08. The fourth-order valence-corrected chi connectivity index (χ4v) is 1.40. The number of benzene rings is 1. The van der Waals surface area contributed by atoms with Crippen LogP contribution in [0.1, 0.15) is 6.92 Å². The predicted octanol–water partition coefficient (Wildman–Crippen LogP) is 1.98. The van der Waals surface area contributed by atoms with Crippen molar-refractivity contribution in [3.05, 3.63) is 18.3 Å². The molecule has 2 rings (SSSR count). The first-order valence-electron chi connectivity index (χ1n) is 4.38. The van der Waals surface area contributed by atoms with Crippen molar-refractivity contribution >= 4 is 10.9 Å². The molecule has 0 aliphatic rings. The molecule has 0 bridgehead atoms. The second kappa shape index (κ2) is 3.14. The number of phenols is 2. The van der Waals surface area contributed by atoms with Crippen molar-refractivity contribution in [2.75, 3.05) is 6.61 Å². The van der Waals surface area contributed by atoms with E-state index in [9.17, 15) is 10.2 Å². The quantitative estimate of drug-likeness (QED) is 0.639. The van der Waals surface area contributed by atoms with Gasteiger partial charge in [0.15, 0.2) is 11.5 Å². The van der Waals surface area contributed by atoms with Crippen molar-refractivity contribution in [3.63, 3.8) is 0 Å². The van der Waals surface area contributed by atoms with Crippen molar-refractivity contribution in [1.82, 2.24) is 4.98 Å². The first kappa shape index (κ1) is 8.74. The van der Waals surface area contributed by atoms with Crippen molar-refractivity contribution in [2.24, 2.45) is 0 Å². The summed E-state index contributed by atoms with van der Waals surface area (Å²) in [5, 5.41) is 19.3. The summed E-state index contributed by atoms with van der Waals surface area (Å²) in [6.45, 7) is 2.45. The lowest BCUT2D eigenvalue weighted by atomic mass is 10.2. The number of aromatic hydroxyl groups is 2. The molecular formula is C10H11NO3. The Labute approximate surface area is 80.8 Å². The van der Waals surface area contributed by atoms with Crippen LogP contribution in [0.2, 0.25) is 0 Å². The summed E-state index contributed by atoms with van der Waals surface area (Å²) < 4.78 is 5.33. The molecule has 0 atom stereocenters. The van der Waals surface area contributed by atoms with Gasteiger partial charge in [-0.2, -0.15) is 0 Å². The summed E-state index contributed by atoms with van der Waals surface area (Å²) in [4.78, 5) is 2.94. The molecule has 0 aliphatic heterocycles. The molecule has 0 fully saturated rings. The Kier molecular flexibility index (Phi) is 1.96. The van der Waals surface area contributed by atoms with Crippen LogP contribution in [0.5, 0.6) is 17.2 Å².